The zero-order valence-electron chi connectivity index (χ0n) is 15.0. The molecule has 1 fully saturated rings. The van der Waals surface area contributed by atoms with Crippen LogP contribution in [-0.2, 0) is 17.9 Å². The number of carbonyl (C=O) groups excluding carboxylic acids is 2. The second-order valence-corrected chi connectivity index (χ2v) is 6.48. The summed E-state index contributed by atoms with van der Waals surface area (Å²) in [6, 6.07) is 0.141. The van der Waals surface area contributed by atoms with Gasteiger partial charge in [-0.25, -0.2) is 0 Å². The van der Waals surface area contributed by atoms with Gasteiger partial charge in [0.25, 0.3) is 11.8 Å². The highest BCUT2D eigenvalue weighted by Gasteiger charge is 2.23. The molecule has 1 saturated carbocycles. The Kier molecular flexibility index (Phi) is 5.53. The van der Waals surface area contributed by atoms with Crippen molar-refractivity contribution in [1.82, 2.24) is 24.9 Å². The van der Waals surface area contributed by atoms with Gasteiger partial charge in [-0.15, -0.1) is 0 Å². The Morgan fingerprint density at radius 3 is 2.59 bits per heavy atom. The molecule has 2 aromatic heterocycles. The first-order valence-corrected chi connectivity index (χ1v) is 8.90. The Morgan fingerprint density at radius 2 is 1.93 bits per heavy atom. The second-order valence-electron chi connectivity index (χ2n) is 6.48. The third-order valence-electron chi connectivity index (χ3n) is 4.43. The van der Waals surface area contributed by atoms with Crippen LogP contribution < -0.4 is 10.6 Å². The maximum absolute atomic E-state index is 12.6. The zero-order chi connectivity index (χ0) is 19.4. The first-order valence-electron chi connectivity index (χ1n) is 8.90. The highest BCUT2D eigenvalue weighted by atomic mass is 16.4. The van der Waals surface area contributed by atoms with Crippen LogP contribution in [0.2, 0.25) is 0 Å². The molecule has 0 spiro atoms. The number of hydrogen-bond donors (Lipinski definition) is 3. The van der Waals surface area contributed by atoms with Gasteiger partial charge < -0.3 is 15.7 Å². The summed E-state index contributed by atoms with van der Waals surface area (Å²) in [5.74, 6) is -1.86. The van der Waals surface area contributed by atoms with Crippen molar-refractivity contribution in [2.75, 3.05) is 5.32 Å². The number of nitrogens with zero attached hydrogens (tertiary/aromatic N) is 4. The normalized spacial score (nSPS) is 14.3. The van der Waals surface area contributed by atoms with Crippen molar-refractivity contribution in [1.29, 1.82) is 0 Å². The molecule has 3 rings (SSSR count). The molecule has 1 aliphatic rings. The van der Waals surface area contributed by atoms with E-state index >= 15 is 0 Å². The van der Waals surface area contributed by atoms with Gasteiger partial charge >= 0.3 is 5.97 Å². The van der Waals surface area contributed by atoms with Crippen molar-refractivity contribution in [2.45, 2.75) is 51.7 Å². The minimum atomic E-state index is -1.06. The Labute approximate surface area is 155 Å². The Morgan fingerprint density at radius 1 is 1.19 bits per heavy atom. The Balaban J connectivity index is 1.74. The predicted octanol–water partition coefficient (Wildman–Crippen LogP) is 1.11. The molecule has 27 heavy (non-hydrogen) atoms. The molecule has 0 unspecified atom stereocenters. The number of carbonyl (C=O) groups is 3. The molecule has 0 saturated heterocycles. The summed E-state index contributed by atoms with van der Waals surface area (Å²) in [5, 5.41) is 22.5. The van der Waals surface area contributed by atoms with Gasteiger partial charge in [-0.3, -0.25) is 23.7 Å². The molecule has 0 radical (unpaired) electrons. The number of aliphatic carboxylic acids is 1. The van der Waals surface area contributed by atoms with E-state index in [2.05, 4.69) is 20.8 Å². The summed E-state index contributed by atoms with van der Waals surface area (Å²) in [5.41, 5.74) is 0.668. The summed E-state index contributed by atoms with van der Waals surface area (Å²) in [4.78, 5) is 35.7. The van der Waals surface area contributed by atoms with Crippen molar-refractivity contribution in [3.8, 4) is 0 Å². The quantitative estimate of drug-likeness (QED) is 0.665. The van der Waals surface area contributed by atoms with Crippen molar-refractivity contribution >= 4 is 23.5 Å². The Bertz CT molecular complexity index is 849. The number of carboxylic acid groups (broad SMARTS) is 1. The zero-order valence-corrected chi connectivity index (χ0v) is 15.0. The van der Waals surface area contributed by atoms with Gasteiger partial charge in [-0.1, -0.05) is 12.8 Å². The SMILES string of the molecule is CCn1cc(NC(=O)c2cnn(CC(=O)O)c2)c(C(=O)NC2CCCC2)n1. The number of rotatable bonds is 7. The summed E-state index contributed by atoms with van der Waals surface area (Å²) in [6.45, 7) is 2.10. The van der Waals surface area contributed by atoms with E-state index in [1.165, 1.54) is 12.4 Å². The minimum Gasteiger partial charge on any atom is -0.480 e. The second kappa shape index (κ2) is 8.02. The fourth-order valence-electron chi connectivity index (χ4n) is 3.07. The van der Waals surface area contributed by atoms with Crippen LogP contribution in [0.1, 0.15) is 53.5 Å². The molecule has 3 N–H and O–H groups in total. The fourth-order valence-corrected chi connectivity index (χ4v) is 3.07. The van der Waals surface area contributed by atoms with E-state index < -0.39 is 11.9 Å². The summed E-state index contributed by atoms with van der Waals surface area (Å²) >= 11 is 0. The highest BCUT2D eigenvalue weighted by molar-refractivity contribution is 6.08. The van der Waals surface area contributed by atoms with Crippen LogP contribution in [0, 0.1) is 0 Å². The average Bonchev–Trinajstić information content (AvgIpc) is 3.35. The van der Waals surface area contributed by atoms with Gasteiger partial charge in [0.2, 0.25) is 0 Å². The number of hydrogen-bond acceptors (Lipinski definition) is 5. The van der Waals surface area contributed by atoms with Crippen LogP contribution in [0.5, 0.6) is 0 Å². The monoisotopic (exact) mass is 374 g/mol. The van der Waals surface area contributed by atoms with Crippen molar-refractivity contribution in [3.63, 3.8) is 0 Å². The van der Waals surface area contributed by atoms with Crippen molar-refractivity contribution in [2.24, 2.45) is 0 Å². The van der Waals surface area contributed by atoms with Crippen LogP contribution >= 0.6 is 0 Å². The topological polar surface area (TPSA) is 131 Å². The van der Waals surface area contributed by atoms with E-state index in [-0.39, 0.29) is 29.8 Å². The summed E-state index contributed by atoms with van der Waals surface area (Å²) < 4.78 is 2.73. The summed E-state index contributed by atoms with van der Waals surface area (Å²) in [6.07, 6.45) is 8.31. The number of nitrogens with one attached hydrogen (secondary N) is 2. The molecule has 0 aromatic carbocycles. The number of aryl methyl sites for hydroxylation is 1. The van der Waals surface area contributed by atoms with Crippen molar-refractivity contribution < 1.29 is 19.5 Å². The maximum Gasteiger partial charge on any atom is 0.325 e. The molecule has 2 amide bonds. The molecule has 10 heteroatoms. The molecular weight excluding hydrogens is 352 g/mol. The number of carboxylic acids is 1. The standard InChI is InChI=1S/C17H22N6O4/c1-2-22-9-13(15(21-22)17(27)19-12-5-3-4-6-12)20-16(26)11-7-18-23(8-11)10-14(24)25/h7-9,12H,2-6,10H2,1H3,(H,19,27)(H,20,26)(H,24,25). The lowest BCUT2D eigenvalue weighted by molar-refractivity contribution is -0.137. The summed E-state index contributed by atoms with van der Waals surface area (Å²) in [7, 11) is 0. The molecule has 0 atom stereocenters. The van der Waals surface area contributed by atoms with E-state index in [1.807, 2.05) is 6.92 Å². The number of amides is 2. The van der Waals surface area contributed by atoms with Crippen LogP contribution in [0.3, 0.4) is 0 Å². The van der Waals surface area contributed by atoms with Gasteiger partial charge in [-0.05, 0) is 19.8 Å². The van der Waals surface area contributed by atoms with Gasteiger partial charge in [0, 0.05) is 25.0 Å². The van der Waals surface area contributed by atoms with Crippen LogP contribution in [0.15, 0.2) is 18.6 Å². The van der Waals surface area contributed by atoms with Gasteiger partial charge in [-0.2, -0.15) is 10.2 Å². The first kappa shape index (κ1) is 18.6. The minimum absolute atomic E-state index is 0.141. The third-order valence-corrected chi connectivity index (χ3v) is 4.43. The van der Waals surface area contributed by atoms with Gasteiger partial charge in [0.05, 0.1) is 17.4 Å². The lowest BCUT2D eigenvalue weighted by Gasteiger charge is -2.11. The molecule has 1 aliphatic carbocycles. The molecule has 2 aromatic rings. The van der Waals surface area contributed by atoms with Crippen LogP contribution in [0.4, 0.5) is 5.69 Å². The smallest absolute Gasteiger partial charge is 0.325 e. The number of anilines is 1. The van der Waals surface area contributed by atoms with E-state index in [0.717, 1.165) is 30.4 Å². The molecular formula is C17H22N6O4. The third kappa shape index (κ3) is 4.52. The lowest BCUT2D eigenvalue weighted by atomic mass is 10.2. The van der Waals surface area contributed by atoms with Gasteiger partial charge in [0.1, 0.15) is 6.54 Å². The molecule has 10 nitrogen and oxygen atoms in total. The Hall–Kier alpha value is -3.17. The van der Waals surface area contributed by atoms with E-state index in [9.17, 15) is 14.4 Å². The highest BCUT2D eigenvalue weighted by Crippen LogP contribution is 2.20. The van der Waals surface area contributed by atoms with E-state index in [4.69, 9.17) is 5.11 Å². The molecule has 0 aliphatic heterocycles. The lowest BCUT2D eigenvalue weighted by Crippen LogP contribution is -2.33. The predicted molar refractivity (Wildman–Crippen MR) is 95.4 cm³/mol. The fraction of sp³-hybridized carbons (Fsp3) is 0.471. The van der Waals surface area contributed by atoms with E-state index in [1.54, 1.807) is 10.9 Å². The first-order chi connectivity index (χ1) is 13.0. The van der Waals surface area contributed by atoms with Crippen molar-refractivity contribution in [3.05, 3.63) is 29.8 Å². The largest absolute Gasteiger partial charge is 0.480 e. The molecule has 2 heterocycles. The average molecular weight is 374 g/mol. The maximum atomic E-state index is 12.6. The van der Waals surface area contributed by atoms with Crippen LogP contribution in [-0.4, -0.2) is 48.5 Å². The van der Waals surface area contributed by atoms with E-state index in [0.29, 0.717) is 12.2 Å². The molecule has 144 valence electrons. The number of aromatic nitrogens is 4. The van der Waals surface area contributed by atoms with Crippen LogP contribution in [0.25, 0.3) is 0 Å². The van der Waals surface area contributed by atoms with Gasteiger partial charge in [0.15, 0.2) is 5.69 Å². The molecule has 0 bridgehead atoms.